The lowest BCUT2D eigenvalue weighted by atomic mass is 10.3. The van der Waals surface area contributed by atoms with Gasteiger partial charge in [-0.25, -0.2) is 4.79 Å². The first-order chi connectivity index (χ1) is 7.08. The highest BCUT2D eigenvalue weighted by Gasteiger charge is 2.21. The molecule has 6 heteroatoms. The molecule has 6 nitrogen and oxygen atoms in total. The molecule has 1 aliphatic rings. The molecule has 0 heterocycles. The number of imide groups is 1. The lowest BCUT2D eigenvalue weighted by Crippen LogP contribution is -2.40. The standard InChI is InChI=1S/C9H14N2O4/c12-7(3-4-8(13)14)11-9(15)10-5-6-1-2-6/h6H,1-5H2,(H,13,14)(H2,10,11,12,15). The van der Waals surface area contributed by atoms with Crippen molar-refractivity contribution in [3.05, 3.63) is 0 Å². The number of hydrogen-bond donors (Lipinski definition) is 3. The first-order valence-corrected chi connectivity index (χ1v) is 4.87. The zero-order valence-electron chi connectivity index (χ0n) is 8.28. The Morgan fingerprint density at radius 2 is 1.87 bits per heavy atom. The molecule has 0 aliphatic heterocycles. The van der Waals surface area contributed by atoms with E-state index in [0.717, 1.165) is 12.8 Å². The van der Waals surface area contributed by atoms with Gasteiger partial charge in [-0.05, 0) is 18.8 Å². The molecule has 84 valence electrons. The summed E-state index contributed by atoms with van der Waals surface area (Å²) in [7, 11) is 0. The van der Waals surface area contributed by atoms with E-state index < -0.39 is 17.9 Å². The summed E-state index contributed by atoms with van der Waals surface area (Å²) in [4.78, 5) is 32.2. The van der Waals surface area contributed by atoms with E-state index in [1.807, 2.05) is 0 Å². The number of carbonyl (C=O) groups is 3. The second kappa shape index (κ2) is 5.33. The summed E-state index contributed by atoms with van der Waals surface area (Å²) in [5, 5.41) is 12.9. The summed E-state index contributed by atoms with van der Waals surface area (Å²) in [5.74, 6) is -1.07. The van der Waals surface area contributed by atoms with Gasteiger partial charge in [-0.15, -0.1) is 0 Å². The van der Waals surface area contributed by atoms with E-state index in [-0.39, 0.29) is 12.8 Å². The van der Waals surface area contributed by atoms with Crippen LogP contribution >= 0.6 is 0 Å². The molecule has 0 unspecified atom stereocenters. The largest absolute Gasteiger partial charge is 0.481 e. The lowest BCUT2D eigenvalue weighted by Gasteiger charge is -2.04. The highest BCUT2D eigenvalue weighted by atomic mass is 16.4. The molecule has 1 aliphatic carbocycles. The van der Waals surface area contributed by atoms with Crippen LogP contribution in [0.25, 0.3) is 0 Å². The number of urea groups is 1. The predicted molar refractivity (Wildman–Crippen MR) is 51.1 cm³/mol. The molecule has 0 aromatic carbocycles. The topological polar surface area (TPSA) is 95.5 Å². The van der Waals surface area contributed by atoms with Gasteiger partial charge in [0.2, 0.25) is 5.91 Å². The first kappa shape index (κ1) is 11.5. The highest BCUT2D eigenvalue weighted by Crippen LogP contribution is 2.27. The number of nitrogens with one attached hydrogen (secondary N) is 2. The fraction of sp³-hybridized carbons (Fsp3) is 0.667. The summed E-state index contributed by atoms with van der Waals surface area (Å²) in [5.41, 5.74) is 0. The summed E-state index contributed by atoms with van der Waals surface area (Å²) in [6, 6.07) is -0.544. The third kappa shape index (κ3) is 5.66. The van der Waals surface area contributed by atoms with Crippen molar-refractivity contribution < 1.29 is 19.5 Å². The number of amides is 3. The maximum atomic E-state index is 11.0. The van der Waals surface area contributed by atoms with Gasteiger partial charge >= 0.3 is 12.0 Å². The van der Waals surface area contributed by atoms with E-state index in [9.17, 15) is 14.4 Å². The summed E-state index contributed by atoms with van der Waals surface area (Å²) in [6.07, 6.45) is 1.80. The van der Waals surface area contributed by atoms with E-state index >= 15 is 0 Å². The Morgan fingerprint density at radius 1 is 1.20 bits per heavy atom. The maximum absolute atomic E-state index is 11.0. The third-order valence-corrected chi connectivity index (χ3v) is 2.07. The fourth-order valence-corrected chi connectivity index (χ4v) is 1.01. The Morgan fingerprint density at radius 3 is 2.40 bits per heavy atom. The molecule has 15 heavy (non-hydrogen) atoms. The number of carboxylic acids is 1. The Bertz CT molecular complexity index is 273. The molecule has 0 aromatic heterocycles. The van der Waals surface area contributed by atoms with Gasteiger partial charge in [-0.1, -0.05) is 0 Å². The van der Waals surface area contributed by atoms with E-state index in [4.69, 9.17) is 5.11 Å². The van der Waals surface area contributed by atoms with Crippen LogP contribution in [0.1, 0.15) is 25.7 Å². The summed E-state index contributed by atoms with van der Waals surface area (Å²) >= 11 is 0. The van der Waals surface area contributed by atoms with Gasteiger partial charge in [-0.2, -0.15) is 0 Å². The minimum Gasteiger partial charge on any atom is -0.481 e. The van der Waals surface area contributed by atoms with Crippen LogP contribution in [0.4, 0.5) is 4.79 Å². The Balaban J connectivity index is 2.07. The van der Waals surface area contributed by atoms with Crippen LogP contribution in [0.2, 0.25) is 0 Å². The Labute approximate surface area is 87.0 Å². The molecular weight excluding hydrogens is 200 g/mol. The van der Waals surface area contributed by atoms with E-state index in [0.29, 0.717) is 12.5 Å². The van der Waals surface area contributed by atoms with Crippen molar-refractivity contribution >= 4 is 17.9 Å². The molecule has 3 N–H and O–H groups in total. The molecule has 1 rings (SSSR count). The number of carboxylic acid groups (broad SMARTS) is 1. The molecule has 0 saturated heterocycles. The summed E-state index contributed by atoms with van der Waals surface area (Å²) < 4.78 is 0. The number of rotatable bonds is 5. The van der Waals surface area contributed by atoms with Crippen molar-refractivity contribution in [1.29, 1.82) is 0 Å². The van der Waals surface area contributed by atoms with Crippen LogP contribution in [0.15, 0.2) is 0 Å². The molecule has 0 bridgehead atoms. The van der Waals surface area contributed by atoms with Gasteiger partial charge in [0, 0.05) is 13.0 Å². The van der Waals surface area contributed by atoms with Crippen LogP contribution in [0.3, 0.4) is 0 Å². The maximum Gasteiger partial charge on any atom is 0.321 e. The van der Waals surface area contributed by atoms with Gasteiger partial charge in [0.1, 0.15) is 0 Å². The predicted octanol–water partition coefficient (Wildman–Crippen LogP) is 0.0870. The quantitative estimate of drug-likeness (QED) is 0.604. The first-order valence-electron chi connectivity index (χ1n) is 4.87. The molecule has 0 aromatic rings. The average molecular weight is 214 g/mol. The van der Waals surface area contributed by atoms with Crippen molar-refractivity contribution in [1.82, 2.24) is 10.6 Å². The van der Waals surface area contributed by atoms with Crippen LogP contribution in [0, 0.1) is 5.92 Å². The molecule has 0 radical (unpaired) electrons. The zero-order valence-corrected chi connectivity index (χ0v) is 8.28. The monoisotopic (exact) mass is 214 g/mol. The van der Waals surface area contributed by atoms with Crippen molar-refractivity contribution in [2.75, 3.05) is 6.54 Å². The normalized spacial score (nSPS) is 14.4. The molecule has 1 saturated carbocycles. The Kier molecular flexibility index (Phi) is 4.08. The third-order valence-electron chi connectivity index (χ3n) is 2.07. The van der Waals surface area contributed by atoms with Crippen molar-refractivity contribution in [2.45, 2.75) is 25.7 Å². The van der Waals surface area contributed by atoms with Gasteiger partial charge in [0.15, 0.2) is 0 Å². The van der Waals surface area contributed by atoms with Crippen LogP contribution in [-0.4, -0.2) is 29.6 Å². The van der Waals surface area contributed by atoms with Gasteiger partial charge in [0.05, 0.1) is 6.42 Å². The van der Waals surface area contributed by atoms with Gasteiger partial charge in [0.25, 0.3) is 0 Å². The van der Waals surface area contributed by atoms with Gasteiger partial charge < -0.3 is 10.4 Å². The van der Waals surface area contributed by atoms with E-state index in [1.54, 1.807) is 0 Å². The van der Waals surface area contributed by atoms with E-state index in [2.05, 4.69) is 10.6 Å². The van der Waals surface area contributed by atoms with E-state index in [1.165, 1.54) is 0 Å². The molecular formula is C9H14N2O4. The molecule has 0 atom stereocenters. The summed E-state index contributed by atoms with van der Waals surface area (Å²) in [6.45, 7) is 0.581. The second-order valence-electron chi connectivity index (χ2n) is 3.60. The molecule has 1 fully saturated rings. The van der Waals surface area contributed by atoms with Crippen LogP contribution < -0.4 is 10.6 Å². The average Bonchev–Trinajstić information content (AvgIpc) is 2.95. The number of hydrogen-bond acceptors (Lipinski definition) is 3. The second-order valence-corrected chi connectivity index (χ2v) is 3.60. The Hall–Kier alpha value is -1.59. The number of aliphatic carboxylic acids is 1. The lowest BCUT2D eigenvalue weighted by molar-refractivity contribution is -0.138. The SMILES string of the molecule is O=C(O)CCC(=O)NC(=O)NCC1CC1. The molecule has 3 amide bonds. The zero-order chi connectivity index (χ0) is 11.3. The fourth-order valence-electron chi connectivity index (χ4n) is 1.01. The minimum absolute atomic E-state index is 0.174. The van der Waals surface area contributed by atoms with Crippen molar-refractivity contribution in [3.63, 3.8) is 0 Å². The van der Waals surface area contributed by atoms with Crippen molar-refractivity contribution in [3.8, 4) is 0 Å². The van der Waals surface area contributed by atoms with Crippen LogP contribution in [0.5, 0.6) is 0 Å². The van der Waals surface area contributed by atoms with Crippen LogP contribution in [-0.2, 0) is 9.59 Å². The molecule has 0 spiro atoms. The number of carbonyl (C=O) groups excluding carboxylic acids is 2. The van der Waals surface area contributed by atoms with Crippen molar-refractivity contribution in [2.24, 2.45) is 5.92 Å². The van der Waals surface area contributed by atoms with Gasteiger partial charge in [-0.3, -0.25) is 14.9 Å². The minimum atomic E-state index is -1.05. The highest BCUT2D eigenvalue weighted by molar-refractivity contribution is 5.95. The smallest absolute Gasteiger partial charge is 0.321 e.